The normalized spacial score (nSPS) is 12.6. The standard InChI is InChI=1S/C22H22Cl2N2O2S/c1-16-8-9-19(24)14-21(16)26(2)22(17-6-4-3-5-7-17)15-25-29(27,28)20-12-10-18(23)11-13-20/h3-14,22,25H,15H2,1-2H3. The number of hydrogen-bond acceptors (Lipinski definition) is 3. The molecule has 3 aromatic carbocycles. The lowest BCUT2D eigenvalue weighted by atomic mass is 10.0. The molecule has 1 N–H and O–H groups in total. The summed E-state index contributed by atoms with van der Waals surface area (Å²) in [6, 6.07) is 21.3. The first kappa shape index (κ1) is 21.7. The van der Waals surface area contributed by atoms with E-state index in [0.29, 0.717) is 10.0 Å². The van der Waals surface area contributed by atoms with E-state index in [-0.39, 0.29) is 17.5 Å². The lowest BCUT2D eigenvalue weighted by Crippen LogP contribution is -2.36. The van der Waals surface area contributed by atoms with Crippen LogP contribution >= 0.6 is 23.2 Å². The number of likely N-dealkylation sites (N-methyl/N-ethyl adjacent to an activating group) is 1. The Kier molecular flexibility index (Phi) is 6.85. The molecule has 0 aliphatic carbocycles. The summed E-state index contributed by atoms with van der Waals surface area (Å²) in [6.45, 7) is 2.19. The summed E-state index contributed by atoms with van der Waals surface area (Å²) in [4.78, 5) is 2.22. The molecule has 0 aromatic heterocycles. The summed E-state index contributed by atoms with van der Waals surface area (Å²) in [7, 11) is -1.74. The van der Waals surface area contributed by atoms with Crippen LogP contribution in [0, 0.1) is 6.92 Å². The van der Waals surface area contributed by atoms with Crippen molar-refractivity contribution in [1.29, 1.82) is 0 Å². The number of benzene rings is 3. The zero-order chi connectivity index (χ0) is 21.0. The second-order valence-electron chi connectivity index (χ2n) is 6.77. The Morgan fingerprint density at radius 3 is 2.21 bits per heavy atom. The van der Waals surface area contributed by atoms with E-state index in [0.717, 1.165) is 16.8 Å². The minimum absolute atomic E-state index is 0.176. The third kappa shape index (κ3) is 5.31. The highest BCUT2D eigenvalue weighted by atomic mass is 35.5. The Labute approximate surface area is 182 Å². The van der Waals surface area contributed by atoms with E-state index >= 15 is 0 Å². The molecule has 152 valence electrons. The molecule has 3 aromatic rings. The molecule has 1 unspecified atom stereocenters. The lowest BCUT2D eigenvalue weighted by molar-refractivity contribution is 0.567. The predicted molar refractivity (Wildman–Crippen MR) is 120 cm³/mol. The van der Waals surface area contributed by atoms with Crippen molar-refractivity contribution in [3.05, 3.63) is 94.0 Å². The zero-order valence-electron chi connectivity index (χ0n) is 16.1. The van der Waals surface area contributed by atoms with Gasteiger partial charge in [-0.2, -0.15) is 0 Å². The van der Waals surface area contributed by atoms with Gasteiger partial charge in [0.05, 0.1) is 10.9 Å². The molecule has 0 aliphatic rings. The van der Waals surface area contributed by atoms with Crippen molar-refractivity contribution < 1.29 is 8.42 Å². The lowest BCUT2D eigenvalue weighted by Gasteiger charge is -2.32. The largest absolute Gasteiger partial charge is 0.366 e. The number of sulfonamides is 1. The molecular weight excluding hydrogens is 427 g/mol. The molecule has 1 atom stereocenters. The van der Waals surface area contributed by atoms with Gasteiger partial charge in [-0.25, -0.2) is 13.1 Å². The first-order valence-electron chi connectivity index (χ1n) is 9.07. The van der Waals surface area contributed by atoms with Gasteiger partial charge in [-0.3, -0.25) is 0 Å². The van der Waals surface area contributed by atoms with Crippen LogP contribution in [0.1, 0.15) is 17.2 Å². The summed E-state index contributed by atoms with van der Waals surface area (Å²) in [6.07, 6.45) is 0. The maximum Gasteiger partial charge on any atom is 0.240 e. The average molecular weight is 449 g/mol. The number of rotatable bonds is 7. The van der Waals surface area contributed by atoms with Crippen LogP contribution in [0.25, 0.3) is 0 Å². The number of aryl methyl sites for hydroxylation is 1. The molecule has 3 rings (SSSR count). The van der Waals surface area contributed by atoms with Crippen molar-refractivity contribution in [2.24, 2.45) is 0 Å². The van der Waals surface area contributed by atoms with Crippen LogP contribution in [0.2, 0.25) is 10.0 Å². The minimum Gasteiger partial charge on any atom is -0.366 e. The second-order valence-corrected chi connectivity index (χ2v) is 9.41. The quantitative estimate of drug-likeness (QED) is 0.521. The summed E-state index contributed by atoms with van der Waals surface area (Å²) >= 11 is 12.1. The molecule has 29 heavy (non-hydrogen) atoms. The molecule has 0 aliphatic heterocycles. The molecule has 0 saturated carbocycles. The highest BCUT2D eigenvalue weighted by Gasteiger charge is 2.22. The van der Waals surface area contributed by atoms with Crippen LogP contribution in [-0.2, 0) is 10.0 Å². The number of hydrogen-bond donors (Lipinski definition) is 1. The van der Waals surface area contributed by atoms with Crippen molar-refractivity contribution >= 4 is 38.9 Å². The van der Waals surface area contributed by atoms with Gasteiger partial charge in [0, 0.05) is 29.3 Å². The van der Waals surface area contributed by atoms with Gasteiger partial charge in [-0.15, -0.1) is 0 Å². The van der Waals surface area contributed by atoms with Gasteiger partial charge in [0.25, 0.3) is 0 Å². The predicted octanol–water partition coefficient (Wildman–Crippen LogP) is 5.46. The first-order valence-corrected chi connectivity index (χ1v) is 11.3. The Hall–Kier alpha value is -2.05. The van der Waals surface area contributed by atoms with Gasteiger partial charge in [0.2, 0.25) is 10.0 Å². The molecule has 0 heterocycles. The van der Waals surface area contributed by atoms with Gasteiger partial charge in [-0.05, 0) is 54.4 Å². The van der Waals surface area contributed by atoms with Gasteiger partial charge >= 0.3 is 0 Å². The van der Waals surface area contributed by atoms with Crippen molar-refractivity contribution in [2.75, 3.05) is 18.5 Å². The Bertz CT molecular complexity index is 1070. The zero-order valence-corrected chi connectivity index (χ0v) is 18.5. The maximum atomic E-state index is 12.8. The molecule has 0 bridgehead atoms. The van der Waals surface area contributed by atoms with Crippen molar-refractivity contribution in [1.82, 2.24) is 4.72 Å². The summed E-state index contributed by atoms with van der Waals surface area (Å²) in [5.41, 5.74) is 2.99. The minimum atomic E-state index is -3.68. The van der Waals surface area contributed by atoms with Crippen LogP contribution in [0.3, 0.4) is 0 Å². The van der Waals surface area contributed by atoms with E-state index in [1.807, 2.05) is 67.4 Å². The third-order valence-electron chi connectivity index (χ3n) is 4.79. The van der Waals surface area contributed by atoms with Crippen molar-refractivity contribution in [3.63, 3.8) is 0 Å². The molecular formula is C22H22Cl2N2O2S. The monoisotopic (exact) mass is 448 g/mol. The Balaban J connectivity index is 1.90. The highest BCUT2D eigenvalue weighted by Crippen LogP contribution is 2.30. The van der Waals surface area contributed by atoms with E-state index < -0.39 is 10.0 Å². The average Bonchev–Trinajstić information content (AvgIpc) is 2.71. The van der Waals surface area contributed by atoms with Crippen LogP contribution in [0.15, 0.2) is 77.7 Å². The number of nitrogens with one attached hydrogen (secondary N) is 1. The summed E-state index contributed by atoms with van der Waals surface area (Å²) < 4.78 is 28.3. The molecule has 0 amide bonds. The Morgan fingerprint density at radius 1 is 0.931 bits per heavy atom. The van der Waals surface area contributed by atoms with Crippen molar-refractivity contribution in [2.45, 2.75) is 17.9 Å². The molecule has 0 fully saturated rings. The maximum absolute atomic E-state index is 12.8. The first-order chi connectivity index (χ1) is 13.8. The second kappa shape index (κ2) is 9.18. The van der Waals surface area contributed by atoms with E-state index in [4.69, 9.17) is 23.2 Å². The van der Waals surface area contributed by atoms with E-state index in [1.54, 1.807) is 12.1 Å². The van der Waals surface area contributed by atoms with E-state index in [9.17, 15) is 8.42 Å². The molecule has 0 radical (unpaired) electrons. The van der Waals surface area contributed by atoms with Gasteiger partial charge in [0.15, 0.2) is 0 Å². The summed E-state index contributed by atoms with van der Waals surface area (Å²) in [5, 5.41) is 1.12. The van der Waals surface area contributed by atoms with Gasteiger partial charge in [0.1, 0.15) is 0 Å². The van der Waals surface area contributed by atoms with Crippen LogP contribution in [0.5, 0.6) is 0 Å². The SMILES string of the molecule is Cc1ccc(Cl)cc1N(C)C(CNS(=O)(=O)c1ccc(Cl)cc1)c1ccccc1. The summed E-state index contributed by atoms with van der Waals surface area (Å²) in [5.74, 6) is 0. The fraction of sp³-hybridized carbons (Fsp3) is 0.182. The van der Waals surface area contributed by atoms with E-state index in [1.165, 1.54) is 12.1 Å². The third-order valence-corrected chi connectivity index (χ3v) is 6.72. The topological polar surface area (TPSA) is 49.4 Å². The number of anilines is 1. The molecule has 7 heteroatoms. The smallest absolute Gasteiger partial charge is 0.240 e. The highest BCUT2D eigenvalue weighted by molar-refractivity contribution is 7.89. The van der Waals surface area contributed by atoms with Crippen LogP contribution in [-0.4, -0.2) is 22.0 Å². The molecule has 4 nitrogen and oxygen atoms in total. The molecule has 0 spiro atoms. The Morgan fingerprint density at radius 2 is 1.55 bits per heavy atom. The van der Waals surface area contributed by atoms with Gasteiger partial charge in [-0.1, -0.05) is 59.6 Å². The van der Waals surface area contributed by atoms with Crippen LogP contribution < -0.4 is 9.62 Å². The number of nitrogens with zero attached hydrogens (tertiary/aromatic N) is 1. The number of halogens is 2. The molecule has 0 saturated heterocycles. The van der Waals surface area contributed by atoms with Crippen molar-refractivity contribution in [3.8, 4) is 0 Å². The van der Waals surface area contributed by atoms with Crippen LogP contribution in [0.4, 0.5) is 5.69 Å². The fourth-order valence-corrected chi connectivity index (χ4v) is 4.50. The van der Waals surface area contributed by atoms with E-state index in [2.05, 4.69) is 4.72 Å². The fourth-order valence-electron chi connectivity index (χ4n) is 3.17. The van der Waals surface area contributed by atoms with Gasteiger partial charge < -0.3 is 4.90 Å².